The van der Waals surface area contributed by atoms with E-state index in [4.69, 9.17) is 5.73 Å². The van der Waals surface area contributed by atoms with Crippen LogP contribution in [0.1, 0.15) is 17.2 Å². The van der Waals surface area contributed by atoms with E-state index in [0.29, 0.717) is 0 Å². The second kappa shape index (κ2) is 5.26. The van der Waals surface area contributed by atoms with Crippen LogP contribution in [0.2, 0.25) is 0 Å². The number of nitrogens with two attached hydrogens (primary N) is 1. The van der Waals surface area contributed by atoms with Crippen molar-refractivity contribution in [2.24, 2.45) is 5.73 Å². The molecular weight excluding hydrogens is 251 g/mol. The summed E-state index contributed by atoms with van der Waals surface area (Å²) in [5.74, 6) is -1.14. The lowest BCUT2D eigenvalue weighted by Gasteiger charge is -2.15. The molecule has 0 fully saturated rings. The molecule has 0 aromatic heterocycles. The maximum Gasteiger partial charge on any atom is 0.419 e. The van der Waals surface area contributed by atoms with Crippen molar-refractivity contribution >= 4 is 5.97 Å². The number of methoxy groups -OCH3 is 2. The predicted octanol–water partition coefficient (Wildman–Crippen LogP) is 1.89. The molecule has 0 bridgehead atoms. The Labute approximate surface area is 101 Å². The fourth-order valence-corrected chi connectivity index (χ4v) is 1.40. The van der Waals surface area contributed by atoms with Gasteiger partial charge in [0, 0.05) is 0 Å². The highest BCUT2D eigenvalue weighted by Crippen LogP contribution is 2.37. The SMILES string of the molecule is COC(=O)C(N)c1ccc(OC)c(C(F)(F)F)c1. The summed E-state index contributed by atoms with van der Waals surface area (Å²) in [6, 6.07) is 1.92. The first-order valence-corrected chi connectivity index (χ1v) is 4.89. The summed E-state index contributed by atoms with van der Waals surface area (Å²) in [6.07, 6.45) is -4.59. The van der Waals surface area contributed by atoms with Gasteiger partial charge in [0.25, 0.3) is 0 Å². The average Bonchev–Trinajstić information content (AvgIpc) is 2.35. The zero-order valence-electron chi connectivity index (χ0n) is 9.75. The molecule has 0 aliphatic rings. The molecular formula is C11H12F3NO3. The molecule has 0 amide bonds. The normalized spacial score (nSPS) is 13.0. The quantitative estimate of drug-likeness (QED) is 0.846. The molecule has 0 heterocycles. The summed E-state index contributed by atoms with van der Waals surface area (Å²) in [4.78, 5) is 11.2. The van der Waals surface area contributed by atoms with Gasteiger partial charge in [-0.3, -0.25) is 4.79 Å². The van der Waals surface area contributed by atoms with Crippen molar-refractivity contribution in [3.8, 4) is 5.75 Å². The third-order valence-electron chi connectivity index (χ3n) is 2.34. The lowest BCUT2D eigenvalue weighted by molar-refractivity contribution is -0.143. The standard InChI is InChI=1S/C11H12F3NO3/c1-17-8-4-3-6(9(15)10(16)18-2)5-7(8)11(12,13)14/h3-5,9H,15H2,1-2H3. The van der Waals surface area contributed by atoms with Crippen LogP contribution in [-0.2, 0) is 15.7 Å². The highest BCUT2D eigenvalue weighted by atomic mass is 19.4. The highest BCUT2D eigenvalue weighted by Gasteiger charge is 2.35. The second-order valence-electron chi connectivity index (χ2n) is 3.46. The molecule has 100 valence electrons. The van der Waals surface area contributed by atoms with Crippen molar-refractivity contribution < 1.29 is 27.4 Å². The van der Waals surface area contributed by atoms with E-state index >= 15 is 0 Å². The maximum atomic E-state index is 12.7. The second-order valence-corrected chi connectivity index (χ2v) is 3.46. The van der Waals surface area contributed by atoms with Gasteiger partial charge in [0.1, 0.15) is 11.8 Å². The first kappa shape index (κ1) is 14.3. The minimum absolute atomic E-state index is 0.00924. The van der Waals surface area contributed by atoms with Crippen LogP contribution in [-0.4, -0.2) is 20.2 Å². The molecule has 2 N–H and O–H groups in total. The first-order chi connectivity index (χ1) is 8.31. The first-order valence-electron chi connectivity index (χ1n) is 4.89. The minimum Gasteiger partial charge on any atom is -0.496 e. The van der Waals surface area contributed by atoms with Crippen molar-refractivity contribution in [2.75, 3.05) is 14.2 Å². The number of rotatable bonds is 3. The molecule has 1 rings (SSSR count). The van der Waals surface area contributed by atoms with Gasteiger partial charge in [-0.25, -0.2) is 0 Å². The number of hydrogen-bond acceptors (Lipinski definition) is 4. The number of alkyl halides is 3. The summed E-state index contributed by atoms with van der Waals surface area (Å²) in [5, 5.41) is 0. The third kappa shape index (κ3) is 2.92. The van der Waals surface area contributed by atoms with Gasteiger partial charge in [-0.1, -0.05) is 6.07 Å². The Morgan fingerprint density at radius 1 is 1.33 bits per heavy atom. The van der Waals surface area contributed by atoms with Crippen molar-refractivity contribution in [2.45, 2.75) is 12.2 Å². The van der Waals surface area contributed by atoms with Gasteiger partial charge in [-0.15, -0.1) is 0 Å². The summed E-state index contributed by atoms with van der Waals surface area (Å²) < 4.78 is 47.2. The Balaban J connectivity index is 3.23. The molecule has 1 atom stereocenters. The number of benzene rings is 1. The van der Waals surface area contributed by atoms with Crippen molar-refractivity contribution in [3.63, 3.8) is 0 Å². The summed E-state index contributed by atoms with van der Waals surface area (Å²) in [6.45, 7) is 0. The maximum absolute atomic E-state index is 12.7. The Kier molecular flexibility index (Phi) is 4.18. The Morgan fingerprint density at radius 2 is 1.94 bits per heavy atom. The monoisotopic (exact) mass is 263 g/mol. The van der Waals surface area contributed by atoms with Gasteiger partial charge in [0.15, 0.2) is 0 Å². The molecule has 18 heavy (non-hydrogen) atoms. The van der Waals surface area contributed by atoms with Gasteiger partial charge in [0.05, 0.1) is 19.8 Å². The molecule has 0 saturated heterocycles. The van der Waals surface area contributed by atoms with Crippen LogP contribution in [0.15, 0.2) is 18.2 Å². The van der Waals surface area contributed by atoms with Crippen LogP contribution in [0, 0.1) is 0 Å². The number of ether oxygens (including phenoxy) is 2. The van der Waals surface area contributed by atoms with E-state index in [1.807, 2.05) is 0 Å². The van der Waals surface area contributed by atoms with Crippen molar-refractivity contribution in [1.29, 1.82) is 0 Å². The third-order valence-corrected chi connectivity index (χ3v) is 2.34. The van der Waals surface area contributed by atoms with Gasteiger partial charge >= 0.3 is 12.1 Å². The van der Waals surface area contributed by atoms with E-state index in [1.165, 1.54) is 6.07 Å². The number of hydrogen-bond donors (Lipinski definition) is 1. The Morgan fingerprint density at radius 3 is 2.39 bits per heavy atom. The molecule has 0 saturated carbocycles. The Hall–Kier alpha value is -1.76. The fraction of sp³-hybridized carbons (Fsp3) is 0.364. The lowest BCUT2D eigenvalue weighted by atomic mass is 10.0. The van der Waals surface area contributed by atoms with E-state index in [1.54, 1.807) is 0 Å². The molecule has 7 heteroatoms. The van der Waals surface area contributed by atoms with E-state index < -0.39 is 23.8 Å². The van der Waals surface area contributed by atoms with E-state index in [0.717, 1.165) is 26.4 Å². The summed E-state index contributed by atoms with van der Waals surface area (Å²) in [5.41, 5.74) is 4.49. The van der Waals surface area contributed by atoms with Crippen LogP contribution >= 0.6 is 0 Å². The average molecular weight is 263 g/mol. The van der Waals surface area contributed by atoms with Crippen LogP contribution in [0.3, 0.4) is 0 Å². The molecule has 1 unspecified atom stereocenters. The molecule has 0 spiro atoms. The van der Waals surface area contributed by atoms with Gasteiger partial charge in [0.2, 0.25) is 0 Å². The lowest BCUT2D eigenvalue weighted by Crippen LogP contribution is -2.23. The molecule has 4 nitrogen and oxygen atoms in total. The molecule has 0 radical (unpaired) electrons. The predicted molar refractivity (Wildman–Crippen MR) is 56.9 cm³/mol. The number of carbonyl (C=O) groups is 1. The zero-order chi connectivity index (χ0) is 13.9. The number of halogens is 3. The summed E-state index contributed by atoms with van der Waals surface area (Å²) >= 11 is 0. The zero-order valence-corrected chi connectivity index (χ0v) is 9.75. The van der Waals surface area contributed by atoms with Crippen LogP contribution in [0.4, 0.5) is 13.2 Å². The fourth-order valence-electron chi connectivity index (χ4n) is 1.40. The van der Waals surface area contributed by atoms with Gasteiger partial charge < -0.3 is 15.2 Å². The van der Waals surface area contributed by atoms with Crippen molar-refractivity contribution in [3.05, 3.63) is 29.3 Å². The Bertz CT molecular complexity index is 446. The van der Waals surface area contributed by atoms with Gasteiger partial charge in [-0.2, -0.15) is 13.2 Å². The van der Waals surface area contributed by atoms with Crippen molar-refractivity contribution in [1.82, 2.24) is 0 Å². The molecule has 1 aromatic carbocycles. The topological polar surface area (TPSA) is 61.5 Å². The molecule has 0 aliphatic heterocycles. The highest BCUT2D eigenvalue weighted by molar-refractivity contribution is 5.77. The van der Waals surface area contributed by atoms with Crippen LogP contribution in [0.5, 0.6) is 5.75 Å². The number of carbonyl (C=O) groups excluding carboxylic acids is 1. The number of esters is 1. The van der Waals surface area contributed by atoms with E-state index in [-0.39, 0.29) is 11.3 Å². The molecule has 0 aliphatic carbocycles. The summed E-state index contributed by atoms with van der Waals surface area (Å²) in [7, 11) is 2.24. The molecule has 1 aromatic rings. The smallest absolute Gasteiger partial charge is 0.419 e. The minimum atomic E-state index is -4.59. The van der Waals surface area contributed by atoms with Crippen LogP contribution < -0.4 is 10.5 Å². The van der Waals surface area contributed by atoms with E-state index in [9.17, 15) is 18.0 Å². The van der Waals surface area contributed by atoms with E-state index in [2.05, 4.69) is 9.47 Å². The largest absolute Gasteiger partial charge is 0.496 e. The van der Waals surface area contributed by atoms with Gasteiger partial charge in [-0.05, 0) is 17.7 Å². The van der Waals surface area contributed by atoms with Crippen LogP contribution in [0.25, 0.3) is 0 Å².